The number of carbonyl (C=O) groups is 7. The number of hydrogen-bond donors (Lipinski definition) is 13. The number of anilines is 6. The number of rotatable bonds is 12. The van der Waals surface area contributed by atoms with Gasteiger partial charge >= 0.3 is 29.8 Å². The largest absolute Gasteiger partial charge is 0.478 e. The fraction of sp³-hybridized carbons (Fsp3) is 0.274. The molecule has 4 aliphatic rings. The van der Waals surface area contributed by atoms with Crippen LogP contribution >= 0.6 is 104 Å². The van der Waals surface area contributed by atoms with E-state index < -0.39 is 46.6 Å². The lowest BCUT2D eigenvalue weighted by Crippen LogP contribution is -2.29. The molecule has 0 bridgehead atoms. The number of nitrogens with two attached hydrogens (primary N) is 3. The van der Waals surface area contributed by atoms with Crippen LogP contribution in [0.4, 0.5) is 43.8 Å². The van der Waals surface area contributed by atoms with Gasteiger partial charge in [-0.05, 0) is 188 Å². The molecule has 0 aliphatic heterocycles. The number of nitrogen functional groups attached to an aromatic ring is 2. The summed E-state index contributed by atoms with van der Waals surface area (Å²) in [7, 11) is 0. The predicted octanol–water partition coefficient (Wildman–Crippen LogP) is 15.9. The molecule has 596 valence electrons. The number of aromatic amines is 2. The van der Waals surface area contributed by atoms with Crippen LogP contribution in [-0.4, -0.2) is 127 Å². The van der Waals surface area contributed by atoms with Crippen LogP contribution in [0.15, 0.2) is 156 Å². The standard InChI is InChI=1S/C15H20N2O3.C14H12Cl2N4O.C12H15NO4.C10H12N2O.C7H7NO2.2C4HCl3N2.C4H3ClN2O2.C3H7N/c1-15(2,3)20-14(19)17-12-7-5-4-6-11(12)13(18)16-10-8-9-10;15-10-7-17-14(16)20-12(10)19-11-4-2-1-3-9(11)13(21)18-8-5-6-8;1-12(2,3)17-11(16)13-9-7-5-4-6-8(9)10(14)15;11-9-4-2-1-3-8(9)10(13)12-7-5-6-7;8-6-4-2-1-3-5(6)7(9)10;2*5-2-1-8-4(7)9-3(2)6;5-2-1-6-4(9)7-3(2)8;4-3-1-2-3/h4-7,10H,8-9H2,1-3H3,(H,16,18)(H,17,19);1-4,7-8H,5-6H2,(H,18,21)(H,17,19,20);4-7H,1-3H3,(H,13,16)(H,14,15);1-4,7H,5-6,11H2,(H,12,13);1-4H,8H2,(H,9,10);2*1H;1H,(H2,6,7,8,9);3H,1-2,4H2. The van der Waals surface area contributed by atoms with Crippen LogP contribution in [0.2, 0.25) is 46.2 Å². The van der Waals surface area contributed by atoms with Gasteiger partial charge in [-0.25, -0.2) is 48.9 Å². The summed E-state index contributed by atoms with van der Waals surface area (Å²) in [5.41, 5.74) is 17.8. The summed E-state index contributed by atoms with van der Waals surface area (Å²) in [6.07, 6.45) is 12.8. The van der Waals surface area contributed by atoms with Gasteiger partial charge in [0.1, 0.15) is 21.2 Å². The lowest BCUT2D eigenvalue weighted by atomic mass is 10.1. The van der Waals surface area contributed by atoms with Crippen molar-refractivity contribution in [3.63, 3.8) is 0 Å². The second-order valence-corrected chi connectivity index (χ2v) is 29.1. The van der Waals surface area contributed by atoms with Gasteiger partial charge in [-0.15, -0.1) is 0 Å². The number of hydrogen-bond acceptors (Lipinski definition) is 21. The molecule has 30 nitrogen and oxygen atoms in total. The zero-order valence-electron chi connectivity index (χ0n) is 60.5. The number of carboxylic acids is 2. The molecule has 0 atom stereocenters. The maximum Gasteiger partial charge on any atom is 0.412 e. The first-order valence-corrected chi connectivity index (χ1v) is 36.9. The summed E-state index contributed by atoms with van der Waals surface area (Å²) in [6, 6.07) is 35.2. The van der Waals surface area contributed by atoms with Gasteiger partial charge in [0.05, 0.1) is 73.5 Å². The Morgan fingerprint density at radius 2 is 0.777 bits per heavy atom. The van der Waals surface area contributed by atoms with Gasteiger partial charge in [-0.3, -0.25) is 34.8 Å². The highest BCUT2D eigenvalue weighted by atomic mass is 35.5. The SMILES string of the molecule is CC(C)(C)OC(=O)Nc1ccccc1C(=O)NC1CC1.CC(C)(C)OC(=O)Nc1ccccc1C(=O)O.Clc1ncc(Cl)c(Cl)n1.Clc1ncc(Cl)c(Cl)n1.NC1CC1.Nc1ccccc1C(=O)NC1CC1.Nc1ccccc1C(=O)O.O=C(NC1CC1)c1ccccc1Nc1nc(Cl)ncc1Cl.O=c1[nH]cc(Cl)c(=O)[nH]1. The van der Waals surface area contributed by atoms with Crippen LogP contribution in [0.5, 0.6) is 0 Å². The van der Waals surface area contributed by atoms with Crippen LogP contribution in [0.3, 0.4) is 0 Å². The van der Waals surface area contributed by atoms with E-state index in [0.717, 1.165) is 44.7 Å². The third-order valence-electron chi connectivity index (χ3n) is 13.6. The number of aromatic nitrogens is 8. The van der Waals surface area contributed by atoms with Crippen molar-refractivity contribution in [2.75, 3.05) is 27.4 Å². The van der Waals surface area contributed by atoms with Crippen molar-refractivity contribution in [1.29, 1.82) is 0 Å². The topological polar surface area (TPSA) is 472 Å². The number of H-pyrrole nitrogens is 2. The molecular weight excluding hydrogens is 1640 g/mol. The van der Waals surface area contributed by atoms with Gasteiger partial charge in [0.2, 0.25) is 15.9 Å². The van der Waals surface area contributed by atoms with E-state index >= 15 is 0 Å². The fourth-order valence-electron chi connectivity index (χ4n) is 7.76. The molecule has 39 heteroatoms. The van der Waals surface area contributed by atoms with Crippen molar-refractivity contribution in [2.45, 2.75) is 128 Å². The Bertz CT molecular complexity index is 4780. The quantitative estimate of drug-likeness (QED) is 0.0307. The fourth-order valence-corrected chi connectivity index (χ4v) is 8.92. The number of carboxylic acid groups (broad SMARTS) is 2. The average molecular weight is 1720 g/mol. The normalized spacial score (nSPS) is 12.7. The number of benzene rings is 5. The molecule has 4 aliphatic carbocycles. The first-order valence-electron chi connectivity index (χ1n) is 33.5. The number of halogens is 9. The van der Waals surface area contributed by atoms with E-state index in [2.05, 4.69) is 66.8 Å². The van der Waals surface area contributed by atoms with E-state index in [1.54, 1.807) is 120 Å². The van der Waals surface area contributed by atoms with E-state index in [1.807, 2.05) is 29.2 Å². The summed E-state index contributed by atoms with van der Waals surface area (Å²) < 4.78 is 10.2. The third-order valence-corrected chi connectivity index (χ3v) is 16.0. The molecule has 0 spiro atoms. The number of nitrogens with one attached hydrogen (secondary N) is 8. The minimum atomic E-state index is -1.10. The highest BCUT2D eigenvalue weighted by Crippen LogP contribution is 2.29. The zero-order chi connectivity index (χ0) is 83.0. The Kier molecular flexibility index (Phi) is 37.5. The van der Waals surface area contributed by atoms with Crippen LogP contribution in [0.25, 0.3) is 0 Å². The van der Waals surface area contributed by atoms with Crippen molar-refractivity contribution < 1.29 is 53.2 Å². The molecule has 9 aromatic rings. The average Bonchev–Trinajstić information content (AvgIpc) is 1.54. The Morgan fingerprint density at radius 1 is 0.446 bits per heavy atom. The number of ether oxygens (including phenoxy) is 2. The number of nitrogens with zero attached hydrogens (tertiary/aromatic N) is 6. The molecule has 0 unspecified atom stereocenters. The minimum Gasteiger partial charge on any atom is -0.478 e. The molecule has 5 amide bonds. The van der Waals surface area contributed by atoms with E-state index in [4.69, 9.17) is 141 Å². The smallest absolute Gasteiger partial charge is 0.412 e. The maximum atomic E-state index is 12.2. The van der Waals surface area contributed by atoms with Crippen molar-refractivity contribution in [2.24, 2.45) is 5.73 Å². The van der Waals surface area contributed by atoms with E-state index in [1.165, 1.54) is 49.6 Å². The third kappa shape index (κ3) is 36.8. The summed E-state index contributed by atoms with van der Waals surface area (Å²) in [4.78, 5) is 127. The predicted molar refractivity (Wildman–Crippen MR) is 435 cm³/mol. The summed E-state index contributed by atoms with van der Waals surface area (Å²) in [5, 5.41) is 35.8. The first kappa shape index (κ1) is 92.5. The summed E-state index contributed by atoms with van der Waals surface area (Å²) in [5.74, 6) is -2.06. The van der Waals surface area contributed by atoms with Crippen LogP contribution < -0.4 is 60.4 Å². The van der Waals surface area contributed by atoms with E-state index in [9.17, 15) is 43.2 Å². The van der Waals surface area contributed by atoms with Gasteiger partial charge in [-0.1, -0.05) is 130 Å². The van der Waals surface area contributed by atoms with Crippen LogP contribution in [-0.2, 0) is 9.47 Å². The number of aromatic carboxylic acids is 2. The van der Waals surface area contributed by atoms with Gasteiger partial charge in [0, 0.05) is 41.7 Å². The summed E-state index contributed by atoms with van der Waals surface area (Å²) in [6.45, 7) is 10.6. The van der Waals surface area contributed by atoms with Gasteiger partial charge < -0.3 is 63.1 Å². The molecule has 4 aromatic heterocycles. The van der Waals surface area contributed by atoms with Gasteiger partial charge in [-0.2, -0.15) is 4.98 Å². The highest BCUT2D eigenvalue weighted by Gasteiger charge is 2.28. The van der Waals surface area contributed by atoms with Gasteiger partial charge in [0.15, 0.2) is 16.1 Å². The van der Waals surface area contributed by atoms with Crippen LogP contribution in [0.1, 0.15) is 145 Å². The van der Waals surface area contributed by atoms with Crippen molar-refractivity contribution in [3.05, 3.63) is 241 Å². The molecule has 0 saturated heterocycles. The Hall–Kier alpha value is -10.1. The molecule has 4 fully saturated rings. The van der Waals surface area contributed by atoms with Crippen LogP contribution in [0, 0.1) is 0 Å². The zero-order valence-corrected chi connectivity index (χ0v) is 67.3. The number of amides is 5. The number of para-hydroxylation sites is 5. The molecule has 13 rings (SSSR count). The van der Waals surface area contributed by atoms with E-state index in [0.29, 0.717) is 78.5 Å². The van der Waals surface area contributed by atoms with Gasteiger partial charge in [0.25, 0.3) is 23.3 Å². The van der Waals surface area contributed by atoms with Crippen molar-refractivity contribution in [3.8, 4) is 0 Å². The maximum absolute atomic E-state index is 12.2. The minimum absolute atomic E-state index is 0.0189. The Morgan fingerprint density at radius 3 is 1.12 bits per heavy atom. The molecular formula is C73H78Cl9N17O13. The summed E-state index contributed by atoms with van der Waals surface area (Å²) >= 11 is 49.6. The lowest BCUT2D eigenvalue weighted by Gasteiger charge is -2.20. The monoisotopic (exact) mass is 1720 g/mol. The van der Waals surface area contributed by atoms with E-state index in [-0.39, 0.29) is 71.8 Å². The number of carbonyl (C=O) groups excluding carboxylic acids is 5. The highest BCUT2D eigenvalue weighted by molar-refractivity contribution is 6.42. The first-order chi connectivity index (χ1) is 52.7. The second-order valence-electron chi connectivity index (χ2n) is 25.7. The molecule has 0 radical (unpaired) electrons. The Balaban J connectivity index is 0.000000232. The molecule has 5 aromatic carbocycles. The Labute approximate surface area is 687 Å². The molecule has 16 N–H and O–H groups in total. The van der Waals surface area contributed by atoms with Crippen molar-refractivity contribution >= 4 is 181 Å². The lowest BCUT2D eigenvalue weighted by molar-refractivity contribution is 0.0623. The molecule has 112 heavy (non-hydrogen) atoms. The molecule has 4 saturated carbocycles. The second kappa shape index (κ2) is 45.4. The van der Waals surface area contributed by atoms with Crippen molar-refractivity contribution in [1.82, 2.24) is 55.8 Å². The molecule has 4 heterocycles.